The van der Waals surface area contributed by atoms with E-state index < -0.39 is 0 Å². The molecule has 0 saturated carbocycles. The molecule has 6 heteroatoms. The average Bonchev–Trinajstić information content (AvgIpc) is 2.45. The van der Waals surface area contributed by atoms with Crippen LogP contribution in [0.5, 0.6) is 0 Å². The first-order valence-corrected chi connectivity index (χ1v) is 8.04. The molecule has 5 nitrogen and oxygen atoms in total. The van der Waals surface area contributed by atoms with Gasteiger partial charge >= 0.3 is 0 Å². The van der Waals surface area contributed by atoms with Crippen molar-refractivity contribution in [3.05, 3.63) is 0 Å². The van der Waals surface area contributed by atoms with Crippen LogP contribution in [0.2, 0.25) is 0 Å². The first kappa shape index (κ1) is 20.9. The van der Waals surface area contributed by atoms with Gasteiger partial charge in [-0.15, -0.1) is 24.0 Å². The van der Waals surface area contributed by atoms with Gasteiger partial charge in [0.25, 0.3) is 0 Å². The normalized spacial score (nSPS) is 20.5. The molecule has 0 spiro atoms. The van der Waals surface area contributed by atoms with Gasteiger partial charge in [-0.3, -0.25) is 9.89 Å². The van der Waals surface area contributed by atoms with Gasteiger partial charge in [-0.2, -0.15) is 0 Å². The largest absolute Gasteiger partial charge is 0.357 e. The van der Waals surface area contributed by atoms with Crippen molar-refractivity contribution in [2.45, 2.75) is 46.2 Å². The fraction of sp³-hybridized carbons (Fsp3) is 0.933. The van der Waals surface area contributed by atoms with Gasteiger partial charge in [-0.25, -0.2) is 0 Å². The highest BCUT2D eigenvalue weighted by molar-refractivity contribution is 14.0. The standard InChI is InChI=1S/C15H33N5.HI/c1-6-13(3)18-15(16-7-2)17-12-14(4)20-10-8-19(5)9-11-20;/h13-14H,6-12H2,1-5H3,(H2,16,17,18);1H. The van der Waals surface area contributed by atoms with Crippen molar-refractivity contribution in [1.29, 1.82) is 0 Å². The van der Waals surface area contributed by atoms with E-state index in [1.807, 2.05) is 0 Å². The highest BCUT2D eigenvalue weighted by atomic mass is 127. The number of piperazine rings is 1. The van der Waals surface area contributed by atoms with Crippen LogP contribution >= 0.6 is 24.0 Å². The predicted molar refractivity (Wildman–Crippen MR) is 103 cm³/mol. The molecule has 21 heavy (non-hydrogen) atoms. The monoisotopic (exact) mass is 411 g/mol. The van der Waals surface area contributed by atoms with Crippen LogP contribution in [0.1, 0.15) is 34.1 Å². The quantitative estimate of drug-likeness (QED) is 0.396. The molecule has 0 aromatic carbocycles. The van der Waals surface area contributed by atoms with E-state index in [2.05, 4.69) is 55.2 Å². The van der Waals surface area contributed by atoms with Crippen LogP contribution in [-0.2, 0) is 0 Å². The van der Waals surface area contributed by atoms with E-state index in [9.17, 15) is 0 Å². The van der Waals surface area contributed by atoms with Gasteiger partial charge in [0.2, 0.25) is 0 Å². The summed E-state index contributed by atoms with van der Waals surface area (Å²) in [7, 11) is 2.19. The van der Waals surface area contributed by atoms with E-state index in [1.54, 1.807) is 0 Å². The zero-order chi connectivity index (χ0) is 15.0. The lowest BCUT2D eigenvalue weighted by Gasteiger charge is -2.36. The molecule has 1 aliphatic heterocycles. The lowest BCUT2D eigenvalue weighted by molar-refractivity contribution is 0.122. The molecule has 0 bridgehead atoms. The van der Waals surface area contributed by atoms with Crippen molar-refractivity contribution >= 4 is 29.9 Å². The third-order valence-corrected chi connectivity index (χ3v) is 4.01. The van der Waals surface area contributed by atoms with Crippen LogP contribution in [0.25, 0.3) is 0 Å². The SMILES string of the molecule is CCNC(=NCC(C)N1CCN(C)CC1)NC(C)CC.I. The molecule has 1 fully saturated rings. The van der Waals surface area contributed by atoms with E-state index in [0.717, 1.165) is 38.6 Å². The maximum atomic E-state index is 4.73. The summed E-state index contributed by atoms with van der Waals surface area (Å²) in [6.45, 7) is 15.2. The number of nitrogens with one attached hydrogen (secondary N) is 2. The summed E-state index contributed by atoms with van der Waals surface area (Å²) in [6.07, 6.45) is 1.11. The molecule has 0 aromatic rings. The molecule has 2 unspecified atom stereocenters. The van der Waals surface area contributed by atoms with Crippen LogP contribution < -0.4 is 10.6 Å². The summed E-state index contributed by atoms with van der Waals surface area (Å²) in [6, 6.07) is 0.975. The molecule has 1 aliphatic rings. The van der Waals surface area contributed by atoms with Crippen LogP contribution in [0.15, 0.2) is 4.99 Å². The Bertz CT molecular complexity index is 290. The fourth-order valence-corrected chi connectivity index (χ4v) is 2.26. The van der Waals surface area contributed by atoms with E-state index in [-0.39, 0.29) is 24.0 Å². The third kappa shape index (κ3) is 8.21. The number of likely N-dealkylation sites (N-methyl/N-ethyl adjacent to an activating group) is 1. The lowest BCUT2D eigenvalue weighted by atomic mass is 10.2. The molecular weight excluding hydrogens is 377 g/mol. The van der Waals surface area contributed by atoms with Crippen LogP contribution in [0.4, 0.5) is 0 Å². The first-order valence-electron chi connectivity index (χ1n) is 8.04. The van der Waals surface area contributed by atoms with Crippen molar-refractivity contribution in [1.82, 2.24) is 20.4 Å². The molecule has 1 saturated heterocycles. The Hall–Kier alpha value is -0.0800. The number of aliphatic imine (C=N–C) groups is 1. The number of guanidine groups is 1. The zero-order valence-electron chi connectivity index (χ0n) is 14.4. The summed E-state index contributed by atoms with van der Waals surface area (Å²) in [5.74, 6) is 0.947. The molecule has 0 aliphatic carbocycles. The second-order valence-corrected chi connectivity index (χ2v) is 5.86. The molecule has 1 heterocycles. The topological polar surface area (TPSA) is 42.9 Å². The number of nitrogens with zero attached hydrogens (tertiary/aromatic N) is 3. The van der Waals surface area contributed by atoms with E-state index in [0.29, 0.717) is 12.1 Å². The summed E-state index contributed by atoms with van der Waals surface area (Å²) in [5.41, 5.74) is 0. The van der Waals surface area contributed by atoms with Gasteiger partial charge in [0, 0.05) is 44.8 Å². The minimum Gasteiger partial charge on any atom is -0.357 e. The summed E-state index contributed by atoms with van der Waals surface area (Å²) >= 11 is 0. The Morgan fingerprint density at radius 1 is 1.14 bits per heavy atom. The molecular formula is C15H34IN5. The second kappa shape index (κ2) is 11.5. The minimum atomic E-state index is 0. The Labute approximate surface area is 148 Å². The average molecular weight is 411 g/mol. The van der Waals surface area contributed by atoms with Crippen LogP contribution in [-0.4, -0.2) is 74.2 Å². The Balaban J connectivity index is 0.00000400. The molecule has 1 rings (SSSR count). The van der Waals surface area contributed by atoms with Gasteiger partial charge in [0.1, 0.15) is 0 Å². The molecule has 126 valence electrons. The highest BCUT2D eigenvalue weighted by Gasteiger charge is 2.18. The lowest BCUT2D eigenvalue weighted by Crippen LogP contribution is -2.49. The van der Waals surface area contributed by atoms with Gasteiger partial charge in [-0.05, 0) is 34.2 Å². The smallest absolute Gasteiger partial charge is 0.191 e. The Morgan fingerprint density at radius 2 is 1.76 bits per heavy atom. The zero-order valence-corrected chi connectivity index (χ0v) is 16.7. The van der Waals surface area contributed by atoms with Crippen molar-refractivity contribution in [2.75, 3.05) is 46.3 Å². The molecule has 0 amide bonds. The van der Waals surface area contributed by atoms with Crippen molar-refractivity contribution < 1.29 is 0 Å². The van der Waals surface area contributed by atoms with E-state index in [1.165, 1.54) is 13.1 Å². The number of halogens is 1. The predicted octanol–water partition coefficient (Wildman–Crippen LogP) is 1.59. The Morgan fingerprint density at radius 3 is 2.29 bits per heavy atom. The van der Waals surface area contributed by atoms with Gasteiger partial charge in [0.15, 0.2) is 5.96 Å². The number of rotatable bonds is 6. The van der Waals surface area contributed by atoms with Gasteiger partial charge < -0.3 is 15.5 Å². The van der Waals surface area contributed by atoms with Crippen LogP contribution in [0, 0.1) is 0 Å². The van der Waals surface area contributed by atoms with E-state index in [4.69, 9.17) is 4.99 Å². The molecule has 0 radical (unpaired) electrons. The van der Waals surface area contributed by atoms with Gasteiger partial charge in [0.05, 0.1) is 6.54 Å². The number of hydrogen-bond donors (Lipinski definition) is 2. The van der Waals surface area contributed by atoms with Crippen molar-refractivity contribution in [2.24, 2.45) is 4.99 Å². The third-order valence-electron chi connectivity index (χ3n) is 4.01. The fourth-order valence-electron chi connectivity index (χ4n) is 2.26. The summed E-state index contributed by atoms with van der Waals surface area (Å²) in [5, 5.41) is 6.77. The number of hydrogen-bond acceptors (Lipinski definition) is 3. The van der Waals surface area contributed by atoms with Crippen LogP contribution in [0.3, 0.4) is 0 Å². The molecule has 2 N–H and O–H groups in total. The van der Waals surface area contributed by atoms with E-state index >= 15 is 0 Å². The summed E-state index contributed by atoms with van der Waals surface area (Å²) < 4.78 is 0. The second-order valence-electron chi connectivity index (χ2n) is 5.86. The maximum absolute atomic E-state index is 4.73. The minimum absolute atomic E-state index is 0. The molecule has 2 atom stereocenters. The van der Waals surface area contributed by atoms with Crippen molar-refractivity contribution in [3.8, 4) is 0 Å². The van der Waals surface area contributed by atoms with Crippen molar-refractivity contribution in [3.63, 3.8) is 0 Å². The maximum Gasteiger partial charge on any atom is 0.191 e. The van der Waals surface area contributed by atoms with Gasteiger partial charge in [-0.1, -0.05) is 6.92 Å². The first-order chi connectivity index (χ1) is 9.56. The highest BCUT2D eigenvalue weighted by Crippen LogP contribution is 2.05. The Kier molecular flexibility index (Phi) is 11.4. The molecule has 0 aromatic heterocycles. The summed E-state index contributed by atoms with van der Waals surface area (Å²) in [4.78, 5) is 9.66.